The molecule has 0 saturated heterocycles. The molecule has 2 aromatic heterocycles. The molecule has 8 aromatic rings. The Morgan fingerprint density at radius 3 is 2.10 bits per heavy atom. The van der Waals surface area contributed by atoms with Gasteiger partial charge in [-0.05, 0) is 62.5 Å². The Hall–Kier alpha value is -4.64. The van der Waals surface area contributed by atoms with E-state index in [1.54, 1.807) is 11.3 Å². The van der Waals surface area contributed by atoms with Crippen molar-refractivity contribution in [2.75, 3.05) is 0 Å². The number of aromatic nitrogens is 3. The van der Waals surface area contributed by atoms with E-state index in [0.717, 1.165) is 11.1 Å². The molecule has 0 aliphatic carbocycles. The summed E-state index contributed by atoms with van der Waals surface area (Å²) in [5.41, 5.74) is 4.29. The van der Waals surface area contributed by atoms with Gasteiger partial charge in [-0.25, -0.2) is 4.98 Å². The van der Waals surface area contributed by atoms with Crippen LogP contribution in [0.5, 0.6) is 0 Å². The van der Waals surface area contributed by atoms with Gasteiger partial charge in [-0.2, -0.15) is 9.97 Å². The van der Waals surface area contributed by atoms with Crippen molar-refractivity contribution in [3.05, 3.63) is 127 Å². The maximum Gasteiger partial charge on any atom is 0.226 e. The molecule has 0 N–H and O–H groups in total. The molecule has 0 unspecified atom stereocenters. The Morgan fingerprint density at radius 1 is 0.450 bits per heavy atom. The molecule has 3 nitrogen and oxygen atoms in total. The first-order chi connectivity index (χ1) is 19.7. The van der Waals surface area contributed by atoms with Crippen LogP contribution in [-0.2, 0) is 0 Å². The highest BCUT2D eigenvalue weighted by Crippen LogP contribution is 2.40. The molecule has 0 fully saturated rings. The number of rotatable bonds is 3. The molecule has 0 aliphatic heterocycles. The van der Waals surface area contributed by atoms with E-state index in [9.17, 15) is 0 Å². The molecule has 0 amide bonds. The van der Waals surface area contributed by atoms with Gasteiger partial charge < -0.3 is 0 Å². The molecule has 6 aromatic carbocycles. The number of hydrogen-bond acceptors (Lipinski definition) is 4. The third-order valence-electron chi connectivity index (χ3n) is 7.47. The maximum atomic E-state index is 6.32. The average molecular weight is 550 g/mol. The van der Waals surface area contributed by atoms with Crippen LogP contribution in [0, 0.1) is 0 Å². The van der Waals surface area contributed by atoms with Gasteiger partial charge in [-0.15, -0.1) is 11.3 Å². The lowest BCUT2D eigenvalue weighted by molar-refractivity contribution is 1.07. The lowest BCUT2D eigenvalue weighted by Gasteiger charge is -2.10. The van der Waals surface area contributed by atoms with Crippen molar-refractivity contribution in [3.8, 4) is 33.9 Å². The molecular formula is C35H20ClN3S. The number of halogens is 1. The normalized spacial score (nSPS) is 11.6. The summed E-state index contributed by atoms with van der Waals surface area (Å²) in [5, 5.41) is 7.75. The van der Waals surface area contributed by atoms with Gasteiger partial charge >= 0.3 is 0 Å². The van der Waals surface area contributed by atoms with E-state index < -0.39 is 0 Å². The minimum Gasteiger partial charge on any atom is -0.208 e. The second-order valence-electron chi connectivity index (χ2n) is 9.83. The molecule has 0 atom stereocenters. The largest absolute Gasteiger partial charge is 0.226 e. The van der Waals surface area contributed by atoms with Gasteiger partial charge in [-0.1, -0.05) is 103 Å². The molecule has 2 heterocycles. The fourth-order valence-corrected chi connectivity index (χ4v) is 6.86. The third kappa shape index (κ3) is 3.84. The van der Waals surface area contributed by atoms with Crippen molar-refractivity contribution in [1.29, 1.82) is 0 Å². The molecule has 5 heteroatoms. The summed E-state index contributed by atoms with van der Waals surface area (Å²) in [6.07, 6.45) is 0. The summed E-state index contributed by atoms with van der Waals surface area (Å²) in [6.45, 7) is 0. The zero-order valence-electron chi connectivity index (χ0n) is 21.2. The second-order valence-corrected chi connectivity index (χ2v) is 11.3. The van der Waals surface area contributed by atoms with Crippen molar-refractivity contribution in [2.45, 2.75) is 0 Å². The maximum absolute atomic E-state index is 6.32. The summed E-state index contributed by atoms with van der Waals surface area (Å²) >= 11 is 8.10. The Bertz CT molecular complexity index is 2240. The standard InChI is InChI=1S/C35H20ClN3S/c36-35-38-33(22-8-2-1-3-9-22)37-34(39-35)24-14-17-29-30-19-23(15-18-31(30)40-32(29)20-24)26-11-6-12-27-25-10-5-4-7-21(25)13-16-28(26)27/h1-20H. The summed E-state index contributed by atoms with van der Waals surface area (Å²) < 4.78 is 2.44. The van der Waals surface area contributed by atoms with Gasteiger partial charge in [0.1, 0.15) is 0 Å². The SMILES string of the molecule is Clc1nc(-c2ccccc2)nc(-c2ccc3c(c2)sc2ccc(-c4cccc5c4ccc4ccccc45)cc23)n1. The highest BCUT2D eigenvalue weighted by molar-refractivity contribution is 7.25. The zero-order chi connectivity index (χ0) is 26.6. The van der Waals surface area contributed by atoms with Gasteiger partial charge in [0.25, 0.3) is 0 Å². The number of nitrogens with zero attached hydrogens (tertiary/aromatic N) is 3. The van der Waals surface area contributed by atoms with Crippen molar-refractivity contribution in [2.24, 2.45) is 0 Å². The number of thiophene rings is 1. The van der Waals surface area contributed by atoms with E-state index >= 15 is 0 Å². The molecule has 0 saturated carbocycles. The average Bonchev–Trinajstić information content (AvgIpc) is 3.38. The van der Waals surface area contributed by atoms with Gasteiger partial charge in [0.2, 0.25) is 5.28 Å². The quantitative estimate of drug-likeness (QED) is 0.206. The number of fused-ring (bicyclic) bond motifs is 6. The lowest BCUT2D eigenvalue weighted by atomic mass is 9.94. The Kier molecular flexibility index (Phi) is 5.37. The van der Waals surface area contributed by atoms with Crippen LogP contribution >= 0.6 is 22.9 Å². The lowest BCUT2D eigenvalue weighted by Crippen LogP contribution is -1.97. The fraction of sp³-hybridized carbons (Fsp3) is 0. The molecule has 0 radical (unpaired) electrons. The van der Waals surface area contributed by atoms with Crippen molar-refractivity contribution >= 4 is 64.7 Å². The fourth-order valence-electron chi connectivity index (χ4n) is 5.57. The molecule has 0 spiro atoms. The summed E-state index contributed by atoms with van der Waals surface area (Å²) in [6, 6.07) is 42.7. The van der Waals surface area contributed by atoms with E-state index in [2.05, 4.69) is 101 Å². The van der Waals surface area contributed by atoms with Crippen LogP contribution < -0.4 is 0 Å². The summed E-state index contributed by atoms with van der Waals surface area (Å²) in [4.78, 5) is 13.5. The number of benzene rings is 6. The van der Waals surface area contributed by atoms with Gasteiger partial charge in [-0.3, -0.25) is 0 Å². The molecule has 8 rings (SSSR count). The predicted molar refractivity (Wildman–Crippen MR) is 169 cm³/mol. The van der Waals surface area contributed by atoms with Gasteiger partial charge in [0.05, 0.1) is 0 Å². The van der Waals surface area contributed by atoms with E-state index in [4.69, 9.17) is 16.6 Å². The molecule has 40 heavy (non-hydrogen) atoms. The van der Waals surface area contributed by atoms with Crippen LogP contribution in [0.4, 0.5) is 0 Å². The minimum atomic E-state index is 0.188. The second kappa shape index (κ2) is 9.23. The van der Waals surface area contributed by atoms with Crippen LogP contribution in [-0.4, -0.2) is 15.0 Å². The van der Waals surface area contributed by atoms with Crippen LogP contribution in [0.3, 0.4) is 0 Å². The van der Waals surface area contributed by atoms with Crippen molar-refractivity contribution in [1.82, 2.24) is 15.0 Å². The predicted octanol–water partition coefficient (Wildman–Crippen LogP) is 10.2. The van der Waals surface area contributed by atoms with Gasteiger partial charge in [0, 0.05) is 31.3 Å². The summed E-state index contributed by atoms with van der Waals surface area (Å²) in [7, 11) is 0. The molecule has 0 bridgehead atoms. The van der Waals surface area contributed by atoms with E-state index in [1.165, 1.54) is 52.8 Å². The van der Waals surface area contributed by atoms with Gasteiger partial charge in [0.15, 0.2) is 11.6 Å². The van der Waals surface area contributed by atoms with E-state index in [-0.39, 0.29) is 5.28 Å². The monoisotopic (exact) mass is 549 g/mol. The smallest absolute Gasteiger partial charge is 0.208 e. The topological polar surface area (TPSA) is 38.7 Å². The van der Waals surface area contributed by atoms with Crippen molar-refractivity contribution in [3.63, 3.8) is 0 Å². The number of hydrogen-bond donors (Lipinski definition) is 0. The summed E-state index contributed by atoms with van der Waals surface area (Å²) in [5.74, 6) is 1.14. The van der Waals surface area contributed by atoms with Crippen LogP contribution in [0.1, 0.15) is 0 Å². The third-order valence-corrected chi connectivity index (χ3v) is 8.77. The Labute approximate surface area is 239 Å². The highest BCUT2D eigenvalue weighted by atomic mass is 35.5. The highest BCUT2D eigenvalue weighted by Gasteiger charge is 2.14. The molecule has 188 valence electrons. The first-order valence-electron chi connectivity index (χ1n) is 13.1. The van der Waals surface area contributed by atoms with Crippen molar-refractivity contribution < 1.29 is 0 Å². The first kappa shape index (κ1) is 23.3. The molecule has 0 aliphatic rings. The van der Waals surface area contributed by atoms with Crippen LogP contribution in [0.2, 0.25) is 5.28 Å². The van der Waals surface area contributed by atoms with E-state index in [1.807, 2.05) is 30.3 Å². The first-order valence-corrected chi connectivity index (χ1v) is 14.3. The zero-order valence-corrected chi connectivity index (χ0v) is 22.7. The Morgan fingerprint density at radius 2 is 1.20 bits per heavy atom. The van der Waals surface area contributed by atoms with Crippen LogP contribution in [0.15, 0.2) is 121 Å². The van der Waals surface area contributed by atoms with Crippen LogP contribution in [0.25, 0.3) is 75.6 Å². The minimum absolute atomic E-state index is 0.188. The van der Waals surface area contributed by atoms with E-state index in [0.29, 0.717) is 11.6 Å². The Balaban J connectivity index is 1.25. The molecular weight excluding hydrogens is 530 g/mol.